The number of benzene rings is 1. The molecule has 1 aromatic carbocycles. The number of hydrogen-bond donors (Lipinski definition) is 0. The first-order valence-electron chi connectivity index (χ1n) is 4.86. The molecule has 2 aromatic rings. The molecule has 74 valence electrons. The minimum atomic E-state index is 0.734. The van der Waals surface area contributed by atoms with Gasteiger partial charge in [0.25, 0.3) is 0 Å². The van der Waals surface area contributed by atoms with Crippen LogP contribution in [0.2, 0.25) is 0 Å². The second kappa shape index (κ2) is 4.51. The highest BCUT2D eigenvalue weighted by molar-refractivity contribution is 5.81. The van der Waals surface area contributed by atoms with Crippen molar-refractivity contribution in [3.63, 3.8) is 0 Å². The number of aryl methyl sites for hydroxylation is 1. The van der Waals surface area contributed by atoms with Crippen LogP contribution in [-0.2, 0) is 0 Å². The second-order valence-electron chi connectivity index (χ2n) is 3.36. The van der Waals surface area contributed by atoms with E-state index in [1.807, 2.05) is 36.5 Å². The lowest BCUT2D eigenvalue weighted by Crippen LogP contribution is -1.81. The van der Waals surface area contributed by atoms with Crippen molar-refractivity contribution >= 4 is 12.0 Å². The van der Waals surface area contributed by atoms with E-state index in [4.69, 9.17) is 0 Å². The third kappa shape index (κ3) is 2.74. The van der Waals surface area contributed by atoms with E-state index >= 15 is 0 Å². The van der Waals surface area contributed by atoms with Crippen molar-refractivity contribution in [2.45, 2.75) is 6.92 Å². The topological polar surface area (TPSA) is 25.2 Å². The Hall–Kier alpha value is -1.96. The van der Waals surface area contributed by atoms with Gasteiger partial charge in [0, 0.05) is 12.4 Å². The number of nitrogens with zero attached hydrogens (tertiary/aromatic N) is 2. The smallest absolute Gasteiger partial charge is 0.151 e. The number of hydrogen-bond acceptors (Lipinski definition) is 2. The van der Waals surface area contributed by atoms with Crippen LogP contribution in [-0.4, -0.2) is 11.2 Å². The van der Waals surface area contributed by atoms with Crippen LogP contribution in [0.5, 0.6) is 0 Å². The van der Waals surface area contributed by atoms with Crippen molar-refractivity contribution in [1.82, 2.24) is 4.98 Å². The Morgan fingerprint density at radius 2 is 1.87 bits per heavy atom. The van der Waals surface area contributed by atoms with Gasteiger partial charge in [0.2, 0.25) is 0 Å². The van der Waals surface area contributed by atoms with Gasteiger partial charge in [-0.15, -0.1) is 0 Å². The van der Waals surface area contributed by atoms with Crippen LogP contribution in [0.1, 0.15) is 11.1 Å². The summed E-state index contributed by atoms with van der Waals surface area (Å²) >= 11 is 0. The van der Waals surface area contributed by atoms with Crippen LogP contribution in [0.4, 0.5) is 5.82 Å². The van der Waals surface area contributed by atoms with Crippen LogP contribution >= 0.6 is 0 Å². The molecule has 0 saturated carbocycles. The summed E-state index contributed by atoms with van der Waals surface area (Å²) in [6.45, 7) is 2.07. The molecule has 0 saturated heterocycles. The second-order valence-corrected chi connectivity index (χ2v) is 3.36. The van der Waals surface area contributed by atoms with E-state index in [1.165, 1.54) is 5.56 Å². The van der Waals surface area contributed by atoms with Crippen LogP contribution in [0.25, 0.3) is 0 Å². The van der Waals surface area contributed by atoms with Gasteiger partial charge in [0.1, 0.15) is 0 Å². The van der Waals surface area contributed by atoms with Gasteiger partial charge in [-0.25, -0.2) is 9.98 Å². The van der Waals surface area contributed by atoms with Crippen molar-refractivity contribution in [3.8, 4) is 0 Å². The van der Waals surface area contributed by atoms with E-state index in [1.54, 1.807) is 6.20 Å². The van der Waals surface area contributed by atoms with E-state index in [0.29, 0.717) is 0 Å². The Kier molecular flexibility index (Phi) is 2.88. The van der Waals surface area contributed by atoms with Crippen molar-refractivity contribution in [3.05, 3.63) is 59.8 Å². The molecular weight excluding hydrogens is 184 g/mol. The SMILES string of the molecule is Cc1ccc(/C=N/c2ccccn2)cc1. The molecule has 0 atom stereocenters. The molecule has 2 rings (SSSR count). The number of aromatic nitrogens is 1. The highest BCUT2D eigenvalue weighted by atomic mass is 14.9. The van der Waals surface area contributed by atoms with E-state index < -0.39 is 0 Å². The fourth-order valence-corrected chi connectivity index (χ4v) is 1.22. The molecule has 2 heteroatoms. The molecule has 0 amide bonds. The van der Waals surface area contributed by atoms with Crippen molar-refractivity contribution < 1.29 is 0 Å². The Balaban J connectivity index is 2.15. The van der Waals surface area contributed by atoms with Gasteiger partial charge in [0.05, 0.1) is 0 Å². The summed E-state index contributed by atoms with van der Waals surface area (Å²) in [7, 11) is 0. The molecule has 2 nitrogen and oxygen atoms in total. The summed E-state index contributed by atoms with van der Waals surface area (Å²) < 4.78 is 0. The molecule has 0 aliphatic carbocycles. The van der Waals surface area contributed by atoms with Crippen molar-refractivity contribution in [2.75, 3.05) is 0 Å². The molecular formula is C13H12N2. The molecule has 1 heterocycles. The fraction of sp³-hybridized carbons (Fsp3) is 0.0769. The summed E-state index contributed by atoms with van der Waals surface area (Å²) in [6, 6.07) is 13.9. The van der Waals surface area contributed by atoms with Gasteiger partial charge in [-0.05, 0) is 24.6 Å². The lowest BCUT2D eigenvalue weighted by atomic mass is 10.2. The normalized spacial score (nSPS) is 10.7. The molecule has 0 unspecified atom stereocenters. The van der Waals surface area contributed by atoms with Crippen molar-refractivity contribution in [2.24, 2.45) is 4.99 Å². The molecule has 0 fully saturated rings. The van der Waals surface area contributed by atoms with Gasteiger partial charge in [-0.1, -0.05) is 35.9 Å². The summed E-state index contributed by atoms with van der Waals surface area (Å²) in [6.07, 6.45) is 3.56. The maximum Gasteiger partial charge on any atom is 0.151 e. The summed E-state index contributed by atoms with van der Waals surface area (Å²) in [5.41, 5.74) is 2.34. The molecule has 0 N–H and O–H groups in total. The highest BCUT2D eigenvalue weighted by Crippen LogP contribution is 2.06. The molecule has 15 heavy (non-hydrogen) atoms. The zero-order valence-corrected chi connectivity index (χ0v) is 8.59. The molecule has 1 aromatic heterocycles. The third-order valence-corrected chi connectivity index (χ3v) is 2.07. The Morgan fingerprint density at radius 1 is 1.07 bits per heavy atom. The summed E-state index contributed by atoms with van der Waals surface area (Å²) in [4.78, 5) is 8.38. The Labute approximate surface area is 89.3 Å². The number of rotatable bonds is 2. The minimum absolute atomic E-state index is 0.734. The lowest BCUT2D eigenvalue weighted by molar-refractivity contribution is 1.28. The van der Waals surface area contributed by atoms with Gasteiger partial charge in [0.15, 0.2) is 5.82 Å². The fourth-order valence-electron chi connectivity index (χ4n) is 1.22. The average molecular weight is 196 g/mol. The Bertz CT molecular complexity index is 444. The van der Waals surface area contributed by atoms with E-state index in [0.717, 1.165) is 11.4 Å². The largest absolute Gasteiger partial charge is 0.237 e. The Morgan fingerprint density at radius 3 is 2.53 bits per heavy atom. The summed E-state index contributed by atoms with van der Waals surface area (Å²) in [5, 5.41) is 0. The minimum Gasteiger partial charge on any atom is -0.237 e. The maximum absolute atomic E-state index is 4.27. The average Bonchev–Trinajstić information content (AvgIpc) is 2.30. The zero-order chi connectivity index (χ0) is 10.5. The van der Waals surface area contributed by atoms with Crippen LogP contribution < -0.4 is 0 Å². The van der Waals surface area contributed by atoms with Gasteiger partial charge >= 0.3 is 0 Å². The highest BCUT2D eigenvalue weighted by Gasteiger charge is 1.88. The number of aliphatic imine (C=N–C) groups is 1. The van der Waals surface area contributed by atoms with E-state index in [9.17, 15) is 0 Å². The monoisotopic (exact) mass is 196 g/mol. The first-order chi connectivity index (χ1) is 7.34. The molecule has 0 bridgehead atoms. The standard InChI is InChI=1S/C13H12N2/c1-11-5-7-12(8-6-11)10-15-13-4-2-3-9-14-13/h2-10H,1H3/b15-10+. The van der Waals surface area contributed by atoms with Gasteiger partial charge < -0.3 is 0 Å². The molecule has 0 spiro atoms. The third-order valence-electron chi connectivity index (χ3n) is 2.07. The van der Waals surface area contributed by atoms with Crippen LogP contribution in [0.15, 0.2) is 53.7 Å². The quantitative estimate of drug-likeness (QED) is 0.677. The van der Waals surface area contributed by atoms with E-state index in [2.05, 4.69) is 29.0 Å². The zero-order valence-electron chi connectivity index (χ0n) is 8.59. The van der Waals surface area contributed by atoms with Crippen LogP contribution in [0, 0.1) is 6.92 Å². The lowest BCUT2D eigenvalue weighted by Gasteiger charge is -1.94. The predicted molar refractivity (Wildman–Crippen MR) is 62.7 cm³/mol. The van der Waals surface area contributed by atoms with E-state index in [-0.39, 0.29) is 0 Å². The predicted octanol–water partition coefficient (Wildman–Crippen LogP) is 3.14. The molecule has 0 aliphatic rings. The van der Waals surface area contributed by atoms with Gasteiger partial charge in [-0.2, -0.15) is 0 Å². The van der Waals surface area contributed by atoms with Crippen molar-refractivity contribution in [1.29, 1.82) is 0 Å². The number of pyridine rings is 1. The van der Waals surface area contributed by atoms with Crippen LogP contribution in [0.3, 0.4) is 0 Å². The molecule has 0 aliphatic heterocycles. The summed E-state index contributed by atoms with van der Waals surface area (Å²) in [5.74, 6) is 0.734. The first kappa shape index (κ1) is 9.59. The molecule has 0 radical (unpaired) electrons. The van der Waals surface area contributed by atoms with Gasteiger partial charge in [-0.3, -0.25) is 0 Å². The first-order valence-corrected chi connectivity index (χ1v) is 4.86. The maximum atomic E-state index is 4.27.